The molecule has 0 aliphatic carbocycles. The summed E-state index contributed by atoms with van der Waals surface area (Å²) in [6.07, 6.45) is 3.44. The van der Waals surface area contributed by atoms with Gasteiger partial charge in [-0.25, -0.2) is 4.79 Å². The second kappa shape index (κ2) is 15.3. The van der Waals surface area contributed by atoms with E-state index in [0.29, 0.717) is 0 Å². The molecule has 17 heteroatoms. The number of imide groups is 2. The van der Waals surface area contributed by atoms with E-state index >= 15 is 0 Å². The Morgan fingerprint density at radius 3 is 1.33 bits per heavy atom. The van der Waals surface area contributed by atoms with E-state index in [1.54, 1.807) is 0 Å². The number of nitro groups is 2. The molecule has 0 radical (unpaired) electrons. The number of hydrogen-bond donors (Lipinski definition) is 0. The predicted molar refractivity (Wildman–Crippen MR) is 154 cm³/mol. The summed E-state index contributed by atoms with van der Waals surface area (Å²) in [5, 5.41) is 22.6. The first-order valence-corrected chi connectivity index (χ1v) is 13.7. The molecule has 0 N–H and O–H groups in total. The molecule has 4 rings (SSSR count). The van der Waals surface area contributed by atoms with Crippen LogP contribution in [0.5, 0.6) is 11.5 Å². The lowest BCUT2D eigenvalue weighted by molar-refractivity contribution is -0.385. The molecule has 0 aromatic heterocycles. The molecule has 0 spiro atoms. The highest BCUT2D eigenvalue weighted by molar-refractivity contribution is 6.13. The van der Waals surface area contributed by atoms with E-state index < -0.39 is 39.6 Å². The molecule has 46 heavy (non-hydrogen) atoms. The van der Waals surface area contributed by atoms with E-state index in [9.17, 15) is 44.2 Å². The minimum atomic E-state index is -1.23. The van der Waals surface area contributed by atoms with Crippen LogP contribution in [0, 0.1) is 20.2 Å². The number of nitrogens with zero attached hydrogens (tertiary/aromatic N) is 4. The Hall–Kier alpha value is -5.81. The molecule has 0 saturated heterocycles. The van der Waals surface area contributed by atoms with Crippen molar-refractivity contribution in [1.82, 2.24) is 9.80 Å². The van der Waals surface area contributed by atoms with Gasteiger partial charge in [-0.3, -0.25) is 49.2 Å². The largest absolute Gasteiger partial charge is 0.519 e. The summed E-state index contributed by atoms with van der Waals surface area (Å²) >= 11 is 0. The normalized spacial score (nSPS) is 14.0. The highest BCUT2D eigenvalue weighted by Gasteiger charge is 2.24. The number of carbonyl (C=O) groups is 5. The molecule has 0 atom stereocenters. The average Bonchev–Trinajstić information content (AvgIpc) is 3.51. The Labute approximate surface area is 259 Å². The summed E-state index contributed by atoms with van der Waals surface area (Å²) in [4.78, 5) is 82.7. The number of nitro benzene ring substituents is 2. The summed E-state index contributed by atoms with van der Waals surface area (Å²) in [6, 6.07) is 7.04. The van der Waals surface area contributed by atoms with E-state index in [1.807, 2.05) is 0 Å². The van der Waals surface area contributed by atoms with Crippen LogP contribution in [0.3, 0.4) is 0 Å². The van der Waals surface area contributed by atoms with Crippen LogP contribution >= 0.6 is 0 Å². The molecular formula is C29H26N4O13. The number of ether oxygens (including phenoxy) is 4. The minimum Gasteiger partial charge on any atom is -0.394 e. The monoisotopic (exact) mass is 638 g/mol. The van der Waals surface area contributed by atoms with E-state index in [1.165, 1.54) is 24.3 Å². The van der Waals surface area contributed by atoms with Crippen LogP contribution < -0.4 is 9.47 Å². The van der Waals surface area contributed by atoms with Crippen LogP contribution in [0.2, 0.25) is 0 Å². The number of hydrogen-bond acceptors (Lipinski definition) is 13. The maximum atomic E-state index is 12.8. The van der Waals surface area contributed by atoms with Crippen LogP contribution in [0.25, 0.3) is 0 Å². The molecule has 2 aromatic rings. The Morgan fingerprint density at radius 2 is 0.978 bits per heavy atom. The van der Waals surface area contributed by atoms with Crippen molar-refractivity contribution in [2.24, 2.45) is 0 Å². The van der Waals surface area contributed by atoms with Crippen molar-refractivity contribution in [3.8, 4) is 11.5 Å². The van der Waals surface area contributed by atoms with E-state index in [4.69, 9.17) is 18.9 Å². The Kier molecular flexibility index (Phi) is 11.0. The SMILES string of the molecule is O=C(Oc1ccc([N+](=O)[O-])cc1CCOCCN1C(=O)C=CC1=O)Oc1ccc([N+](=O)[O-])cc1CCOCCN1C(=O)C=CC1=O. The van der Waals surface area contributed by atoms with Crippen LogP contribution in [0.15, 0.2) is 60.7 Å². The summed E-state index contributed by atoms with van der Waals surface area (Å²) < 4.78 is 21.6. The lowest BCUT2D eigenvalue weighted by atomic mass is 10.1. The summed E-state index contributed by atoms with van der Waals surface area (Å²) in [5.74, 6) is -1.99. The molecular weight excluding hydrogens is 612 g/mol. The molecule has 4 amide bonds. The van der Waals surface area contributed by atoms with Gasteiger partial charge in [0.05, 0.1) is 49.4 Å². The van der Waals surface area contributed by atoms with Gasteiger partial charge in [0, 0.05) is 59.7 Å². The molecule has 17 nitrogen and oxygen atoms in total. The first-order valence-electron chi connectivity index (χ1n) is 13.7. The Balaban J connectivity index is 1.35. The fourth-order valence-corrected chi connectivity index (χ4v) is 4.33. The zero-order valence-electron chi connectivity index (χ0n) is 24.0. The van der Waals surface area contributed by atoms with Crippen molar-refractivity contribution < 1.29 is 52.8 Å². The van der Waals surface area contributed by atoms with Gasteiger partial charge >= 0.3 is 6.16 Å². The van der Waals surface area contributed by atoms with Gasteiger partial charge in [0.25, 0.3) is 35.0 Å². The molecule has 2 aliphatic rings. The molecule has 0 bridgehead atoms. The molecule has 0 saturated carbocycles. The van der Waals surface area contributed by atoms with Gasteiger partial charge in [0.2, 0.25) is 0 Å². The van der Waals surface area contributed by atoms with Gasteiger partial charge in [-0.1, -0.05) is 0 Å². The first-order chi connectivity index (χ1) is 22.0. The van der Waals surface area contributed by atoms with Crippen LogP contribution in [0.1, 0.15) is 11.1 Å². The molecule has 0 fully saturated rings. The van der Waals surface area contributed by atoms with Crippen molar-refractivity contribution in [2.75, 3.05) is 39.5 Å². The average molecular weight is 639 g/mol. The zero-order chi connectivity index (χ0) is 33.2. The fourth-order valence-electron chi connectivity index (χ4n) is 4.33. The summed E-state index contributed by atoms with van der Waals surface area (Å²) in [5.41, 5.74) is -0.0999. The van der Waals surface area contributed by atoms with Crippen LogP contribution in [0.4, 0.5) is 16.2 Å². The van der Waals surface area contributed by atoms with Crippen LogP contribution in [-0.4, -0.2) is 88.9 Å². The van der Waals surface area contributed by atoms with Crippen molar-refractivity contribution >= 4 is 41.2 Å². The van der Waals surface area contributed by atoms with E-state index in [-0.39, 0.29) is 86.4 Å². The van der Waals surface area contributed by atoms with Crippen molar-refractivity contribution in [1.29, 1.82) is 0 Å². The summed E-state index contributed by atoms with van der Waals surface area (Å²) in [6.45, 7) is 0.0221. The first kappa shape index (κ1) is 33.1. The van der Waals surface area contributed by atoms with Gasteiger partial charge in [0.15, 0.2) is 0 Å². The number of benzene rings is 2. The zero-order valence-corrected chi connectivity index (χ0v) is 24.0. The van der Waals surface area contributed by atoms with Gasteiger partial charge in [-0.05, 0) is 25.0 Å². The highest BCUT2D eigenvalue weighted by Crippen LogP contribution is 2.28. The third kappa shape index (κ3) is 8.64. The molecule has 2 aliphatic heterocycles. The minimum absolute atomic E-state index is 0.000676. The van der Waals surface area contributed by atoms with Gasteiger partial charge in [0.1, 0.15) is 11.5 Å². The number of carbonyl (C=O) groups excluding carboxylic acids is 5. The number of non-ortho nitro benzene ring substituents is 2. The van der Waals surface area contributed by atoms with Crippen molar-refractivity contribution in [2.45, 2.75) is 12.8 Å². The quantitative estimate of drug-likeness (QED) is 0.0643. The lowest BCUT2D eigenvalue weighted by Gasteiger charge is -2.15. The maximum Gasteiger partial charge on any atom is 0.519 e. The van der Waals surface area contributed by atoms with E-state index in [2.05, 4.69) is 0 Å². The molecule has 2 aromatic carbocycles. The third-order valence-corrected chi connectivity index (χ3v) is 6.65. The standard InChI is InChI=1S/C29H26N4O13/c34-25-5-6-26(35)30(25)11-15-43-13-9-19-17-21(32(39)40)1-3-23(19)45-29(38)46-24-4-2-22(33(41)42)18-20(24)10-14-44-16-12-31-27(36)7-8-28(31)37/h1-8,17-18H,9-16H2. The highest BCUT2D eigenvalue weighted by atomic mass is 16.7. The van der Waals surface area contributed by atoms with Crippen LogP contribution in [-0.2, 0) is 41.5 Å². The topological polar surface area (TPSA) is 215 Å². The van der Waals surface area contributed by atoms with Crippen molar-refractivity contribution in [3.05, 3.63) is 92.1 Å². The second-order valence-corrected chi connectivity index (χ2v) is 9.60. The fraction of sp³-hybridized carbons (Fsp3) is 0.276. The second-order valence-electron chi connectivity index (χ2n) is 9.60. The predicted octanol–water partition coefficient (Wildman–Crippen LogP) is 2.05. The maximum absolute atomic E-state index is 12.8. The van der Waals surface area contributed by atoms with Gasteiger partial charge in [-0.2, -0.15) is 0 Å². The Morgan fingerprint density at radius 1 is 0.609 bits per heavy atom. The molecule has 2 heterocycles. The van der Waals surface area contributed by atoms with Gasteiger partial charge < -0.3 is 18.9 Å². The molecule has 240 valence electrons. The number of amides is 4. The number of rotatable bonds is 16. The van der Waals surface area contributed by atoms with E-state index in [0.717, 1.165) is 46.2 Å². The smallest absolute Gasteiger partial charge is 0.394 e. The summed E-state index contributed by atoms with van der Waals surface area (Å²) in [7, 11) is 0. The Bertz CT molecular complexity index is 1480. The van der Waals surface area contributed by atoms with Gasteiger partial charge in [-0.15, -0.1) is 0 Å². The molecule has 0 unspecified atom stereocenters. The lowest BCUT2D eigenvalue weighted by Crippen LogP contribution is -2.33. The third-order valence-electron chi connectivity index (χ3n) is 6.65. The van der Waals surface area contributed by atoms with Crippen molar-refractivity contribution in [3.63, 3.8) is 0 Å².